The average Bonchev–Trinajstić information content (AvgIpc) is 2.84. The highest BCUT2D eigenvalue weighted by Gasteiger charge is 2.09. The summed E-state index contributed by atoms with van der Waals surface area (Å²) in [6, 6.07) is 4.46. The summed E-state index contributed by atoms with van der Waals surface area (Å²) in [7, 11) is 0. The zero-order valence-corrected chi connectivity index (χ0v) is 11.0. The van der Waals surface area contributed by atoms with Gasteiger partial charge in [0.1, 0.15) is 12.4 Å². The van der Waals surface area contributed by atoms with E-state index in [1.165, 1.54) is 12.1 Å². The van der Waals surface area contributed by atoms with Gasteiger partial charge in [-0.25, -0.2) is 9.37 Å². The van der Waals surface area contributed by atoms with Gasteiger partial charge in [-0.3, -0.25) is 0 Å². The van der Waals surface area contributed by atoms with Gasteiger partial charge in [0.15, 0.2) is 11.6 Å². The first-order valence-corrected chi connectivity index (χ1v) is 6.22. The Morgan fingerprint density at radius 1 is 1.47 bits per heavy atom. The number of aliphatic hydroxyl groups is 1. The second-order valence-corrected chi connectivity index (χ2v) is 4.28. The molecule has 1 N–H and O–H groups in total. The predicted molar refractivity (Wildman–Crippen MR) is 69.3 cm³/mol. The van der Waals surface area contributed by atoms with Crippen LogP contribution in [0.2, 0.25) is 0 Å². The van der Waals surface area contributed by atoms with E-state index in [0.29, 0.717) is 5.56 Å². The van der Waals surface area contributed by atoms with E-state index in [1.807, 2.05) is 17.7 Å². The molecule has 1 aromatic carbocycles. The smallest absolute Gasteiger partial charge is 0.165 e. The standard InChI is InChI=1S/C14H17FN2O2/c1-3-17-7-6-16-14(17)9-19-13-5-4-11(10(2)18)8-12(13)15/h4-8,10,18H,3,9H2,1-2H3. The van der Waals surface area contributed by atoms with Gasteiger partial charge in [0.2, 0.25) is 0 Å². The van der Waals surface area contributed by atoms with E-state index in [2.05, 4.69) is 4.98 Å². The van der Waals surface area contributed by atoms with E-state index in [9.17, 15) is 9.50 Å². The van der Waals surface area contributed by atoms with Crippen LogP contribution >= 0.6 is 0 Å². The maximum atomic E-state index is 13.8. The lowest BCUT2D eigenvalue weighted by atomic mass is 10.1. The average molecular weight is 264 g/mol. The fraction of sp³-hybridized carbons (Fsp3) is 0.357. The van der Waals surface area contributed by atoms with Crippen molar-refractivity contribution >= 4 is 0 Å². The zero-order valence-electron chi connectivity index (χ0n) is 11.0. The number of hydrogen-bond acceptors (Lipinski definition) is 3. The number of aryl methyl sites for hydroxylation is 1. The Labute approximate surface area is 111 Å². The van der Waals surface area contributed by atoms with Gasteiger partial charge in [-0.2, -0.15) is 0 Å². The van der Waals surface area contributed by atoms with Crippen LogP contribution in [0, 0.1) is 5.82 Å². The highest BCUT2D eigenvalue weighted by Crippen LogP contribution is 2.22. The molecule has 5 heteroatoms. The first-order chi connectivity index (χ1) is 9.11. The summed E-state index contributed by atoms with van der Waals surface area (Å²) >= 11 is 0. The Kier molecular flexibility index (Phi) is 4.16. The van der Waals surface area contributed by atoms with Gasteiger partial charge >= 0.3 is 0 Å². The monoisotopic (exact) mass is 264 g/mol. The maximum Gasteiger partial charge on any atom is 0.165 e. The topological polar surface area (TPSA) is 47.3 Å². The molecule has 0 saturated carbocycles. The summed E-state index contributed by atoms with van der Waals surface area (Å²) in [5.41, 5.74) is 0.528. The van der Waals surface area contributed by atoms with Crippen LogP contribution in [0.3, 0.4) is 0 Å². The fourth-order valence-electron chi connectivity index (χ4n) is 1.80. The quantitative estimate of drug-likeness (QED) is 0.903. The molecule has 0 spiro atoms. The van der Waals surface area contributed by atoms with Crippen molar-refractivity contribution in [3.05, 3.63) is 47.8 Å². The van der Waals surface area contributed by atoms with Gasteiger partial charge in [0.05, 0.1) is 6.10 Å². The van der Waals surface area contributed by atoms with Gasteiger partial charge in [-0.15, -0.1) is 0 Å². The van der Waals surface area contributed by atoms with Crippen LogP contribution in [-0.2, 0) is 13.2 Å². The van der Waals surface area contributed by atoms with Crippen LogP contribution in [0.4, 0.5) is 4.39 Å². The summed E-state index contributed by atoms with van der Waals surface area (Å²) in [6.45, 7) is 4.60. The van der Waals surface area contributed by atoms with Gasteiger partial charge in [0, 0.05) is 18.9 Å². The number of aliphatic hydroxyl groups excluding tert-OH is 1. The lowest BCUT2D eigenvalue weighted by molar-refractivity contribution is 0.198. The highest BCUT2D eigenvalue weighted by molar-refractivity contribution is 5.30. The molecule has 0 fully saturated rings. The Bertz CT molecular complexity index is 552. The Morgan fingerprint density at radius 2 is 2.26 bits per heavy atom. The number of imidazole rings is 1. The van der Waals surface area contributed by atoms with Gasteiger partial charge in [-0.05, 0) is 31.5 Å². The number of nitrogens with zero attached hydrogens (tertiary/aromatic N) is 2. The molecule has 2 rings (SSSR count). The normalized spacial score (nSPS) is 12.4. The molecule has 1 heterocycles. The van der Waals surface area contributed by atoms with Crippen LogP contribution in [0.1, 0.15) is 31.3 Å². The van der Waals surface area contributed by atoms with Gasteiger partial charge < -0.3 is 14.4 Å². The third kappa shape index (κ3) is 3.12. The number of halogens is 1. The van der Waals surface area contributed by atoms with Crippen molar-refractivity contribution < 1.29 is 14.2 Å². The number of hydrogen-bond donors (Lipinski definition) is 1. The Hall–Kier alpha value is -1.88. The zero-order chi connectivity index (χ0) is 13.8. The Balaban J connectivity index is 2.08. The Morgan fingerprint density at radius 3 is 2.89 bits per heavy atom. The van der Waals surface area contributed by atoms with Crippen molar-refractivity contribution in [3.63, 3.8) is 0 Å². The van der Waals surface area contributed by atoms with Crippen LogP contribution in [-0.4, -0.2) is 14.7 Å². The minimum atomic E-state index is -0.692. The van der Waals surface area contributed by atoms with Crippen molar-refractivity contribution in [1.82, 2.24) is 9.55 Å². The van der Waals surface area contributed by atoms with Crippen molar-refractivity contribution in [2.75, 3.05) is 0 Å². The minimum Gasteiger partial charge on any atom is -0.483 e. The summed E-state index contributed by atoms with van der Waals surface area (Å²) in [5.74, 6) is 0.435. The van der Waals surface area contributed by atoms with Crippen molar-refractivity contribution in [1.29, 1.82) is 0 Å². The molecule has 0 aliphatic rings. The molecule has 0 aliphatic carbocycles. The van der Waals surface area contributed by atoms with E-state index in [1.54, 1.807) is 19.2 Å². The summed E-state index contributed by atoms with van der Waals surface area (Å²) in [4.78, 5) is 4.15. The van der Waals surface area contributed by atoms with Crippen LogP contribution in [0.5, 0.6) is 5.75 Å². The second kappa shape index (κ2) is 5.84. The van der Waals surface area contributed by atoms with Crippen molar-refractivity contribution in [2.24, 2.45) is 0 Å². The molecule has 4 nitrogen and oxygen atoms in total. The lowest BCUT2D eigenvalue weighted by Gasteiger charge is -2.10. The summed E-state index contributed by atoms with van der Waals surface area (Å²) < 4.78 is 21.1. The van der Waals surface area contributed by atoms with E-state index < -0.39 is 11.9 Å². The molecule has 19 heavy (non-hydrogen) atoms. The minimum absolute atomic E-state index is 0.162. The molecular formula is C14H17FN2O2. The van der Waals surface area contributed by atoms with E-state index in [0.717, 1.165) is 12.4 Å². The highest BCUT2D eigenvalue weighted by atomic mass is 19.1. The maximum absolute atomic E-state index is 13.8. The molecule has 102 valence electrons. The molecule has 2 aromatic rings. The number of benzene rings is 1. The van der Waals surface area contributed by atoms with Gasteiger partial charge in [-0.1, -0.05) is 6.07 Å². The van der Waals surface area contributed by atoms with Crippen LogP contribution < -0.4 is 4.74 Å². The SMILES string of the molecule is CCn1ccnc1COc1ccc(C(C)O)cc1F. The molecule has 0 amide bonds. The number of ether oxygens (including phenoxy) is 1. The largest absolute Gasteiger partial charge is 0.483 e. The van der Waals surface area contributed by atoms with Crippen LogP contribution in [0.25, 0.3) is 0 Å². The van der Waals surface area contributed by atoms with E-state index in [-0.39, 0.29) is 12.4 Å². The predicted octanol–water partition coefficient (Wildman–Crippen LogP) is 2.67. The van der Waals surface area contributed by atoms with Crippen molar-refractivity contribution in [2.45, 2.75) is 33.1 Å². The molecule has 0 aliphatic heterocycles. The summed E-state index contributed by atoms with van der Waals surface area (Å²) in [5, 5.41) is 9.37. The third-order valence-electron chi connectivity index (χ3n) is 2.94. The number of aromatic nitrogens is 2. The molecule has 1 unspecified atom stereocenters. The first kappa shape index (κ1) is 13.5. The number of rotatable bonds is 5. The molecule has 1 atom stereocenters. The van der Waals surface area contributed by atoms with Crippen molar-refractivity contribution in [3.8, 4) is 5.75 Å². The molecule has 0 radical (unpaired) electrons. The molecule has 0 saturated heterocycles. The second-order valence-electron chi connectivity index (χ2n) is 4.28. The van der Waals surface area contributed by atoms with Crippen LogP contribution in [0.15, 0.2) is 30.6 Å². The summed E-state index contributed by atoms with van der Waals surface area (Å²) in [6.07, 6.45) is 2.85. The molecule has 1 aromatic heterocycles. The fourth-order valence-corrected chi connectivity index (χ4v) is 1.80. The lowest BCUT2D eigenvalue weighted by Crippen LogP contribution is -2.06. The molecular weight excluding hydrogens is 247 g/mol. The third-order valence-corrected chi connectivity index (χ3v) is 2.94. The van der Waals surface area contributed by atoms with E-state index in [4.69, 9.17) is 4.74 Å². The van der Waals surface area contributed by atoms with Gasteiger partial charge in [0.25, 0.3) is 0 Å². The first-order valence-electron chi connectivity index (χ1n) is 6.22. The molecule has 0 bridgehead atoms. The van der Waals surface area contributed by atoms with E-state index >= 15 is 0 Å².